The van der Waals surface area contributed by atoms with Gasteiger partial charge in [-0.05, 0) is 13.3 Å². The summed E-state index contributed by atoms with van der Waals surface area (Å²) in [7, 11) is 1.35. The molecule has 0 saturated carbocycles. The number of hydrogen-bond acceptors (Lipinski definition) is 4. The van der Waals surface area contributed by atoms with E-state index < -0.39 is 6.09 Å². The molecule has 1 fully saturated rings. The van der Waals surface area contributed by atoms with Gasteiger partial charge in [0.1, 0.15) is 0 Å². The number of nitrogens with one attached hydrogen (secondary N) is 1. The number of ether oxygens (including phenoxy) is 1. The van der Waals surface area contributed by atoms with Crippen LogP contribution in [-0.4, -0.2) is 43.3 Å². The molecule has 0 aromatic rings. The predicted molar refractivity (Wildman–Crippen MR) is 50.6 cm³/mol. The van der Waals surface area contributed by atoms with Crippen molar-refractivity contribution in [2.75, 3.05) is 20.2 Å². The molecule has 2 atom stereocenters. The highest BCUT2D eigenvalue weighted by Gasteiger charge is 2.26. The second kappa shape index (κ2) is 4.82. The van der Waals surface area contributed by atoms with Crippen LogP contribution < -0.4 is 5.32 Å². The standard InChI is InChI=1S/C9H15N3O2/c1-7(5-10)12-4-3-8(6-12)11-9(13)14-2/h7-8H,3-4,6H2,1-2H3,(H,11,13). The summed E-state index contributed by atoms with van der Waals surface area (Å²) in [5.41, 5.74) is 0. The van der Waals surface area contributed by atoms with Crippen molar-refractivity contribution in [3.8, 4) is 6.07 Å². The first kappa shape index (κ1) is 10.8. The van der Waals surface area contributed by atoms with Crippen LogP contribution in [0.5, 0.6) is 0 Å². The summed E-state index contributed by atoms with van der Waals surface area (Å²) in [5.74, 6) is 0. The number of hydrogen-bond donors (Lipinski definition) is 1. The van der Waals surface area contributed by atoms with Crippen molar-refractivity contribution in [3.63, 3.8) is 0 Å². The van der Waals surface area contributed by atoms with Gasteiger partial charge in [0.15, 0.2) is 0 Å². The van der Waals surface area contributed by atoms with Crippen molar-refractivity contribution in [1.82, 2.24) is 10.2 Å². The first-order chi connectivity index (χ1) is 6.67. The molecule has 14 heavy (non-hydrogen) atoms. The topological polar surface area (TPSA) is 65.4 Å². The Morgan fingerprint density at radius 1 is 1.79 bits per heavy atom. The molecule has 5 heteroatoms. The van der Waals surface area contributed by atoms with Gasteiger partial charge in [0, 0.05) is 19.1 Å². The van der Waals surface area contributed by atoms with E-state index in [-0.39, 0.29) is 12.1 Å². The molecule has 1 aliphatic rings. The SMILES string of the molecule is COC(=O)NC1CCN(C(C)C#N)C1. The zero-order valence-corrected chi connectivity index (χ0v) is 8.49. The molecule has 1 aliphatic heterocycles. The molecule has 1 N–H and O–H groups in total. The summed E-state index contributed by atoms with van der Waals surface area (Å²) in [6.07, 6.45) is 0.475. The molecule has 2 unspecified atom stereocenters. The Bertz CT molecular complexity index is 249. The lowest BCUT2D eigenvalue weighted by atomic mass is 10.3. The van der Waals surface area contributed by atoms with Crippen molar-refractivity contribution in [2.24, 2.45) is 0 Å². The van der Waals surface area contributed by atoms with Crippen molar-refractivity contribution >= 4 is 6.09 Å². The van der Waals surface area contributed by atoms with E-state index in [1.807, 2.05) is 11.8 Å². The average Bonchev–Trinajstić information content (AvgIpc) is 2.65. The third-order valence-corrected chi connectivity index (χ3v) is 2.46. The highest BCUT2D eigenvalue weighted by Crippen LogP contribution is 2.12. The van der Waals surface area contributed by atoms with E-state index in [1.54, 1.807) is 0 Å². The van der Waals surface area contributed by atoms with Gasteiger partial charge < -0.3 is 10.1 Å². The smallest absolute Gasteiger partial charge is 0.407 e. The minimum Gasteiger partial charge on any atom is -0.453 e. The Morgan fingerprint density at radius 2 is 2.50 bits per heavy atom. The van der Waals surface area contributed by atoms with Gasteiger partial charge in [0.05, 0.1) is 19.2 Å². The number of amides is 1. The molecule has 1 amide bonds. The van der Waals surface area contributed by atoms with Gasteiger partial charge in [0.25, 0.3) is 0 Å². The number of nitrogens with zero attached hydrogens (tertiary/aromatic N) is 2. The quantitative estimate of drug-likeness (QED) is 0.692. The first-order valence-electron chi connectivity index (χ1n) is 4.65. The van der Waals surface area contributed by atoms with Crippen LogP contribution in [-0.2, 0) is 4.74 Å². The van der Waals surface area contributed by atoms with E-state index >= 15 is 0 Å². The second-order valence-electron chi connectivity index (χ2n) is 3.42. The Balaban J connectivity index is 2.35. The summed E-state index contributed by atoms with van der Waals surface area (Å²) in [6.45, 7) is 3.44. The molecule has 0 aliphatic carbocycles. The number of likely N-dealkylation sites (tertiary alicyclic amines) is 1. The van der Waals surface area contributed by atoms with Gasteiger partial charge in [-0.2, -0.15) is 5.26 Å². The van der Waals surface area contributed by atoms with E-state index in [9.17, 15) is 4.79 Å². The van der Waals surface area contributed by atoms with Crippen LogP contribution in [0.25, 0.3) is 0 Å². The second-order valence-corrected chi connectivity index (χ2v) is 3.42. The lowest BCUT2D eigenvalue weighted by Gasteiger charge is -2.18. The van der Waals surface area contributed by atoms with E-state index in [0.717, 1.165) is 19.5 Å². The van der Waals surface area contributed by atoms with Gasteiger partial charge in [-0.15, -0.1) is 0 Å². The van der Waals surface area contributed by atoms with E-state index in [1.165, 1.54) is 7.11 Å². The van der Waals surface area contributed by atoms with E-state index in [0.29, 0.717) is 0 Å². The minimum absolute atomic E-state index is 0.0838. The van der Waals surface area contributed by atoms with Crippen molar-refractivity contribution < 1.29 is 9.53 Å². The fourth-order valence-corrected chi connectivity index (χ4v) is 1.56. The highest BCUT2D eigenvalue weighted by molar-refractivity contribution is 5.67. The largest absolute Gasteiger partial charge is 0.453 e. The minimum atomic E-state index is -0.401. The summed E-state index contributed by atoms with van der Waals surface area (Å²) < 4.78 is 4.50. The number of carbonyl (C=O) groups excluding carboxylic acids is 1. The lowest BCUT2D eigenvalue weighted by Crippen LogP contribution is -2.38. The maximum atomic E-state index is 10.9. The van der Waals surface area contributed by atoms with Gasteiger partial charge in [-0.3, -0.25) is 4.90 Å². The maximum Gasteiger partial charge on any atom is 0.407 e. The Hall–Kier alpha value is -1.28. The number of rotatable bonds is 2. The van der Waals surface area contributed by atoms with Crippen LogP contribution in [0.3, 0.4) is 0 Å². The Kier molecular flexibility index (Phi) is 3.72. The Morgan fingerprint density at radius 3 is 3.07 bits per heavy atom. The fraction of sp³-hybridized carbons (Fsp3) is 0.778. The molecule has 0 aromatic carbocycles. The van der Waals surface area contributed by atoms with E-state index in [4.69, 9.17) is 5.26 Å². The molecule has 0 bridgehead atoms. The molecule has 1 rings (SSSR count). The third kappa shape index (κ3) is 2.60. The van der Waals surface area contributed by atoms with Crippen molar-refractivity contribution in [2.45, 2.75) is 25.4 Å². The van der Waals surface area contributed by atoms with Crippen molar-refractivity contribution in [1.29, 1.82) is 5.26 Å². The van der Waals surface area contributed by atoms with Gasteiger partial charge >= 0.3 is 6.09 Å². The van der Waals surface area contributed by atoms with Crippen LogP contribution >= 0.6 is 0 Å². The molecule has 78 valence electrons. The van der Waals surface area contributed by atoms with Crippen LogP contribution in [0.4, 0.5) is 4.79 Å². The molecular formula is C9H15N3O2. The monoisotopic (exact) mass is 197 g/mol. The van der Waals surface area contributed by atoms with Crippen LogP contribution in [0.15, 0.2) is 0 Å². The third-order valence-electron chi connectivity index (χ3n) is 2.46. The van der Waals surface area contributed by atoms with Gasteiger partial charge in [-0.25, -0.2) is 4.79 Å². The van der Waals surface area contributed by atoms with Crippen molar-refractivity contribution in [3.05, 3.63) is 0 Å². The molecular weight excluding hydrogens is 182 g/mol. The number of carbonyl (C=O) groups is 1. The van der Waals surface area contributed by atoms with Gasteiger partial charge in [0.2, 0.25) is 0 Å². The molecule has 0 spiro atoms. The molecule has 1 saturated heterocycles. The Labute approximate surface area is 83.6 Å². The summed E-state index contributed by atoms with van der Waals surface area (Å²) in [6, 6.07) is 2.20. The van der Waals surface area contributed by atoms with Crippen LogP contribution in [0.1, 0.15) is 13.3 Å². The zero-order valence-electron chi connectivity index (χ0n) is 8.49. The van der Waals surface area contributed by atoms with Crippen LogP contribution in [0.2, 0.25) is 0 Å². The average molecular weight is 197 g/mol. The summed E-state index contributed by atoms with van der Waals surface area (Å²) in [5, 5.41) is 11.4. The molecule has 0 aromatic heterocycles. The number of methoxy groups -OCH3 is 1. The lowest BCUT2D eigenvalue weighted by molar-refractivity contribution is 0.166. The first-order valence-corrected chi connectivity index (χ1v) is 4.65. The predicted octanol–water partition coefficient (Wildman–Crippen LogP) is 0.329. The number of alkyl carbamates (subject to hydrolysis) is 1. The molecule has 1 heterocycles. The zero-order chi connectivity index (χ0) is 10.6. The number of nitriles is 1. The van der Waals surface area contributed by atoms with E-state index in [2.05, 4.69) is 16.1 Å². The summed E-state index contributed by atoms with van der Waals surface area (Å²) in [4.78, 5) is 12.9. The fourth-order valence-electron chi connectivity index (χ4n) is 1.56. The molecule has 5 nitrogen and oxygen atoms in total. The van der Waals surface area contributed by atoms with Crippen LogP contribution in [0, 0.1) is 11.3 Å². The maximum absolute atomic E-state index is 10.9. The molecule has 0 radical (unpaired) electrons. The van der Waals surface area contributed by atoms with Gasteiger partial charge in [-0.1, -0.05) is 0 Å². The highest BCUT2D eigenvalue weighted by atomic mass is 16.5. The normalized spacial score (nSPS) is 23.9. The summed E-state index contributed by atoms with van der Waals surface area (Å²) >= 11 is 0.